The van der Waals surface area contributed by atoms with E-state index in [9.17, 15) is 14.7 Å². The molecule has 150 valence electrons. The molecule has 1 aromatic carbocycles. The first-order chi connectivity index (χ1) is 13.1. The zero-order valence-electron chi connectivity index (χ0n) is 15.6. The zero-order chi connectivity index (χ0) is 19.9. The number of carbonyl (C=O) groups excluding carboxylic acids is 2. The van der Waals surface area contributed by atoms with Gasteiger partial charge in [-0.1, -0.05) is 36.4 Å². The van der Waals surface area contributed by atoms with Crippen molar-refractivity contribution in [3.05, 3.63) is 48.6 Å². The molecule has 0 radical (unpaired) electrons. The Hall–Kier alpha value is -2.22. The second-order valence-corrected chi connectivity index (χ2v) is 6.19. The lowest BCUT2D eigenvalue weighted by molar-refractivity contribution is -0.131. The van der Waals surface area contributed by atoms with Gasteiger partial charge in [-0.15, -0.1) is 6.58 Å². The molecule has 0 unspecified atom stereocenters. The van der Waals surface area contributed by atoms with Crippen molar-refractivity contribution in [2.45, 2.75) is 25.3 Å². The van der Waals surface area contributed by atoms with Gasteiger partial charge in [0.25, 0.3) is 0 Å². The lowest BCUT2D eigenvalue weighted by Gasteiger charge is -2.21. The summed E-state index contributed by atoms with van der Waals surface area (Å²) in [7, 11) is 0. The molecule has 0 bridgehead atoms. The summed E-state index contributed by atoms with van der Waals surface area (Å²) >= 11 is 0. The first kappa shape index (κ1) is 22.8. The maximum absolute atomic E-state index is 12.5. The van der Waals surface area contributed by atoms with Gasteiger partial charge in [0.2, 0.25) is 11.8 Å². The predicted octanol–water partition coefficient (Wildman–Crippen LogP) is 0.414. The van der Waals surface area contributed by atoms with Gasteiger partial charge in [0.05, 0.1) is 38.4 Å². The molecule has 0 fully saturated rings. The zero-order valence-corrected chi connectivity index (χ0v) is 15.6. The molecule has 1 aromatic rings. The maximum Gasteiger partial charge on any atom is 0.224 e. The molecule has 0 saturated carbocycles. The van der Waals surface area contributed by atoms with E-state index in [-0.39, 0.29) is 38.1 Å². The average Bonchev–Trinajstić information content (AvgIpc) is 2.67. The van der Waals surface area contributed by atoms with E-state index in [2.05, 4.69) is 17.2 Å². The molecule has 0 saturated heterocycles. The number of nitrogens with one attached hydrogen (secondary N) is 2. The quantitative estimate of drug-likeness (QED) is 0.277. The van der Waals surface area contributed by atoms with Crippen LogP contribution in [-0.2, 0) is 20.7 Å². The minimum absolute atomic E-state index is 0.0291. The van der Waals surface area contributed by atoms with Crippen LogP contribution in [0.2, 0.25) is 0 Å². The van der Waals surface area contributed by atoms with Crippen LogP contribution in [0.25, 0.3) is 0 Å². The Bertz CT molecular complexity index is 565. The van der Waals surface area contributed by atoms with Gasteiger partial charge in [0, 0.05) is 13.0 Å². The van der Waals surface area contributed by atoms with E-state index in [1.165, 1.54) is 0 Å². The Morgan fingerprint density at radius 3 is 2.56 bits per heavy atom. The highest BCUT2D eigenvalue weighted by molar-refractivity contribution is 5.86. The molecule has 7 heteroatoms. The van der Waals surface area contributed by atoms with Gasteiger partial charge in [-0.2, -0.15) is 0 Å². The molecular formula is C20H30N2O5. The fourth-order valence-electron chi connectivity index (χ4n) is 2.59. The summed E-state index contributed by atoms with van der Waals surface area (Å²) in [6.07, 6.45) is 2.51. The van der Waals surface area contributed by atoms with Gasteiger partial charge in [0.15, 0.2) is 0 Å². The Morgan fingerprint density at radius 2 is 1.93 bits per heavy atom. The molecule has 27 heavy (non-hydrogen) atoms. The Morgan fingerprint density at radius 1 is 1.19 bits per heavy atom. The Kier molecular flexibility index (Phi) is 11.8. The van der Waals surface area contributed by atoms with Gasteiger partial charge in [-0.25, -0.2) is 0 Å². The van der Waals surface area contributed by atoms with Gasteiger partial charge in [0.1, 0.15) is 0 Å². The SMILES string of the molecule is C=CC[C@H](CC(=O)NCCOCCO)C(=O)N[C@H](CO)Cc1ccccc1. The first-order valence-corrected chi connectivity index (χ1v) is 9.12. The minimum Gasteiger partial charge on any atom is -0.394 e. The number of benzene rings is 1. The summed E-state index contributed by atoms with van der Waals surface area (Å²) in [5.74, 6) is -1.09. The standard InChI is InChI=1S/C20H30N2O5/c1-2-6-17(14-19(25)21-9-11-27-12-10-23)20(26)22-18(15-24)13-16-7-4-3-5-8-16/h2-5,7-8,17-18,23-24H,1,6,9-15H2,(H,21,25)(H,22,26)/t17-,18+/m1/s1. The van der Waals surface area contributed by atoms with Crippen molar-refractivity contribution in [3.63, 3.8) is 0 Å². The van der Waals surface area contributed by atoms with E-state index in [0.29, 0.717) is 26.0 Å². The smallest absolute Gasteiger partial charge is 0.224 e. The molecule has 2 amide bonds. The minimum atomic E-state index is -0.550. The van der Waals surface area contributed by atoms with Gasteiger partial charge in [-0.05, 0) is 18.4 Å². The topological polar surface area (TPSA) is 108 Å². The van der Waals surface area contributed by atoms with Crippen LogP contribution < -0.4 is 10.6 Å². The highest BCUT2D eigenvalue weighted by Crippen LogP contribution is 2.11. The van der Waals surface area contributed by atoms with Crippen molar-refractivity contribution in [1.29, 1.82) is 0 Å². The third kappa shape index (κ3) is 9.89. The van der Waals surface area contributed by atoms with Crippen LogP contribution in [-0.4, -0.2) is 61.0 Å². The van der Waals surface area contributed by atoms with Crippen LogP contribution in [0.5, 0.6) is 0 Å². The first-order valence-electron chi connectivity index (χ1n) is 9.12. The monoisotopic (exact) mass is 378 g/mol. The van der Waals surface area contributed by atoms with Gasteiger partial charge < -0.3 is 25.6 Å². The molecule has 0 aliphatic heterocycles. The van der Waals surface area contributed by atoms with E-state index in [0.717, 1.165) is 5.56 Å². The number of rotatable bonds is 14. The maximum atomic E-state index is 12.5. The van der Waals surface area contributed by atoms with Gasteiger partial charge in [-0.3, -0.25) is 9.59 Å². The molecular weight excluding hydrogens is 348 g/mol. The number of amides is 2. The highest BCUT2D eigenvalue weighted by atomic mass is 16.5. The van der Waals surface area contributed by atoms with Crippen LogP contribution in [0.4, 0.5) is 0 Å². The van der Waals surface area contributed by atoms with E-state index >= 15 is 0 Å². The molecule has 7 nitrogen and oxygen atoms in total. The molecule has 4 N–H and O–H groups in total. The van der Waals surface area contributed by atoms with Crippen LogP contribution in [0.3, 0.4) is 0 Å². The van der Waals surface area contributed by atoms with E-state index in [1.807, 2.05) is 30.3 Å². The molecule has 0 aromatic heterocycles. The number of aliphatic hydroxyl groups is 2. The van der Waals surface area contributed by atoms with Crippen LogP contribution in [0, 0.1) is 5.92 Å². The van der Waals surface area contributed by atoms with Crippen molar-refractivity contribution in [3.8, 4) is 0 Å². The van der Waals surface area contributed by atoms with Crippen molar-refractivity contribution >= 4 is 11.8 Å². The van der Waals surface area contributed by atoms with Crippen LogP contribution in [0.1, 0.15) is 18.4 Å². The molecule has 0 spiro atoms. The molecule has 1 rings (SSSR count). The predicted molar refractivity (Wildman–Crippen MR) is 103 cm³/mol. The Labute approximate surface area is 160 Å². The number of hydrogen-bond acceptors (Lipinski definition) is 5. The van der Waals surface area contributed by atoms with Crippen LogP contribution in [0.15, 0.2) is 43.0 Å². The average molecular weight is 378 g/mol. The number of hydrogen-bond donors (Lipinski definition) is 4. The largest absolute Gasteiger partial charge is 0.394 e. The molecule has 0 aliphatic carbocycles. The van der Waals surface area contributed by atoms with Crippen molar-refractivity contribution in [1.82, 2.24) is 10.6 Å². The third-order valence-corrected chi connectivity index (χ3v) is 3.95. The number of aliphatic hydroxyl groups excluding tert-OH is 2. The van der Waals surface area contributed by atoms with Crippen molar-refractivity contribution < 1.29 is 24.5 Å². The summed E-state index contributed by atoms with van der Waals surface area (Å²) in [5.41, 5.74) is 1.01. The van der Waals surface area contributed by atoms with E-state index in [4.69, 9.17) is 9.84 Å². The summed E-state index contributed by atoms with van der Waals surface area (Å²) < 4.78 is 5.07. The van der Waals surface area contributed by atoms with Gasteiger partial charge >= 0.3 is 0 Å². The fraction of sp³-hybridized carbons (Fsp3) is 0.500. The summed E-state index contributed by atoms with van der Waals surface area (Å²) in [6, 6.07) is 9.16. The van der Waals surface area contributed by atoms with E-state index in [1.54, 1.807) is 6.08 Å². The second kappa shape index (κ2) is 13.9. The van der Waals surface area contributed by atoms with Crippen molar-refractivity contribution in [2.75, 3.05) is 33.0 Å². The van der Waals surface area contributed by atoms with Crippen molar-refractivity contribution in [2.24, 2.45) is 5.92 Å². The summed E-state index contributed by atoms with van der Waals surface area (Å²) in [6.45, 7) is 4.24. The van der Waals surface area contributed by atoms with Crippen LogP contribution >= 0.6 is 0 Å². The second-order valence-electron chi connectivity index (χ2n) is 6.19. The summed E-state index contributed by atoms with van der Waals surface area (Å²) in [4.78, 5) is 24.6. The lowest BCUT2D eigenvalue weighted by atomic mass is 9.98. The highest BCUT2D eigenvalue weighted by Gasteiger charge is 2.23. The third-order valence-electron chi connectivity index (χ3n) is 3.95. The number of carbonyl (C=O) groups is 2. The Balaban J connectivity index is 2.50. The normalized spacial score (nSPS) is 12.8. The number of allylic oxidation sites excluding steroid dienone is 1. The lowest BCUT2D eigenvalue weighted by Crippen LogP contribution is -2.43. The molecule has 0 aliphatic rings. The summed E-state index contributed by atoms with van der Waals surface area (Å²) in [5, 5.41) is 23.7. The number of ether oxygens (including phenoxy) is 1. The molecule has 2 atom stereocenters. The molecule has 0 heterocycles. The fourth-order valence-corrected chi connectivity index (χ4v) is 2.59. The van der Waals surface area contributed by atoms with E-state index < -0.39 is 12.0 Å².